The molecule has 9 nitrogen and oxygen atoms in total. The van der Waals surface area contributed by atoms with E-state index in [4.69, 9.17) is 16.0 Å². The van der Waals surface area contributed by atoms with E-state index in [1.165, 1.54) is 54.6 Å². The summed E-state index contributed by atoms with van der Waals surface area (Å²) in [6.07, 6.45) is 1.12. The zero-order valence-corrected chi connectivity index (χ0v) is 17.8. The van der Waals surface area contributed by atoms with Gasteiger partial charge >= 0.3 is 11.8 Å². The fraction of sp³-hybridized carbons (Fsp3) is 0.0500. The molecule has 0 radical (unpaired) electrons. The van der Waals surface area contributed by atoms with Gasteiger partial charge in [-0.25, -0.2) is 23.0 Å². The van der Waals surface area contributed by atoms with Crippen LogP contribution >= 0.6 is 11.6 Å². The van der Waals surface area contributed by atoms with E-state index in [1.807, 2.05) is 5.43 Å². The number of carbonyl (C=O) groups excluding carboxylic acids is 2. The minimum Gasteiger partial charge on any atom is -0.459 e. The van der Waals surface area contributed by atoms with Crippen molar-refractivity contribution in [2.45, 2.75) is 11.4 Å². The van der Waals surface area contributed by atoms with Crippen LogP contribution in [0, 0.1) is 5.82 Å². The topological polar surface area (TPSA) is 130 Å². The highest BCUT2D eigenvalue weighted by Gasteiger charge is 2.16. The smallest absolute Gasteiger partial charge is 0.329 e. The van der Waals surface area contributed by atoms with Gasteiger partial charge in [0.2, 0.25) is 10.0 Å². The van der Waals surface area contributed by atoms with E-state index in [1.54, 1.807) is 0 Å². The quantitative estimate of drug-likeness (QED) is 0.273. The molecule has 2 amide bonds. The predicted octanol–water partition coefficient (Wildman–Crippen LogP) is 2.64. The average Bonchev–Trinajstić information content (AvgIpc) is 3.22. The fourth-order valence-corrected chi connectivity index (χ4v) is 3.49. The van der Waals surface area contributed by atoms with Crippen LogP contribution in [0.5, 0.6) is 0 Å². The second-order valence-electron chi connectivity index (χ2n) is 6.22. The number of hydrazone groups is 1. The molecule has 0 aliphatic heterocycles. The van der Waals surface area contributed by atoms with Gasteiger partial charge in [0.1, 0.15) is 17.3 Å². The Labute approximate surface area is 187 Å². The largest absolute Gasteiger partial charge is 0.459 e. The maximum Gasteiger partial charge on any atom is 0.329 e. The van der Waals surface area contributed by atoms with Crippen molar-refractivity contribution >= 4 is 45.3 Å². The Bertz CT molecular complexity index is 1260. The van der Waals surface area contributed by atoms with E-state index in [2.05, 4.69) is 15.1 Å². The van der Waals surface area contributed by atoms with E-state index in [-0.39, 0.29) is 28.6 Å². The minimum atomic E-state index is -3.76. The second kappa shape index (κ2) is 10.2. The SMILES string of the molecule is O=C(N/N=C/c1ccc(CNS(=O)(=O)c2ccc(Cl)cc2)o1)C(=O)Nc1ccccc1F. The van der Waals surface area contributed by atoms with Gasteiger partial charge in [-0.15, -0.1) is 0 Å². The molecule has 3 aromatic rings. The molecule has 0 bridgehead atoms. The first-order valence-electron chi connectivity index (χ1n) is 8.97. The molecule has 3 rings (SSSR count). The van der Waals surface area contributed by atoms with Crippen molar-refractivity contribution in [2.24, 2.45) is 5.10 Å². The van der Waals surface area contributed by atoms with Crippen LogP contribution in [0.4, 0.5) is 10.1 Å². The molecule has 0 fully saturated rings. The molecule has 1 aromatic heterocycles. The molecular formula is C20H16ClFN4O5S. The maximum absolute atomic E-state index is 13.5. The van der Waals surface area contributed by atoms with Gasteiger partial charge in [-0.05, 0) is 48.5 Å². The number of hydrogen-bond acceptors (Lipinski definition) is 6. The molecule has 3 N–H and O–H groups in total. The van der Waals surface area contributed by atoms with E-state index >= 15 is 0 Å². The van der Waals surface area contributed by atoms with Crippen LogP contribution in [0.15, 0.2) is 75.1 Å². The third kappa shape index (κ3) is 6.23. The lowest BCUT2D eigenvalue weighted by molar-refractivity contribution is -0.136. The highest BCUT2D eigenvalue weighted by atomic mass is 35.5. The number of benzene rings is 2. The van der Waals surface area contributed by atoms with Gasteiger partial charge in [0, 0.05) is 5.02 Å². The van der Waals surface area contributed by atoms with Crippen LogP contribution in [0.3, 0.4) is 0 Å². The minimum absolute atomic E-state index is 0.0478. The number of sulfonamides is 1. The normalized spacial score (nSPS) is 11.4. The molecule has 2 aromatic carbocycles. The fourth-order valence-electron chi connectivity index (χ4n) is 2.37. The van der Waals surface area contributed by atoms with Crippen molar-refractivity contribution in [1.82, 2.24) is 10.1 Å². The first-order chi connectivity index (χ1) is 15.2. The van der Waals surface area contributed by atoms with E-state index in [0.29, 0.717) is 5.02 Å². The summed E-state index contributed by atoms with van der Waals surface area (Å²) < 4.78 is 45.8. The lowest BCUT2D eigenvalue weighted by Gasteiger charge is -2.05. The van der Waals surface area contributed by atoms with E-state index in [9.17, 15) is 22.4 Å². The van der Waals surface area contributed by atoms with Crippen molar-refractivity contribution in [3.63, 3.8) is 0 Å². The summed E-state index contributed by atoms with van der Waals surface area (Å²) in [5, 5.41) is 6.11. The Morgan fingerprint density at radius 3 is 2.47 bits per heavy atom. The van der Waals surface area contributed by atoms with Gasteiger partial charge in [0.05, 0.1) is 23.3 Å². The Kier molecular flexibility index (Phi) is 7.36. The first kappa shape index (κ1) is 23.1. The summed E-state index contributed by atoms with van der Waals surface area (Å²) in [6, 6.07) is 14.0. The van der Waals surface area contributed by atoms with E-state index in [0.717, 1.165) is 12.3 Å². The summed E-state index contributed by atoms with van der Waals surface area (Å²) in [5.74, 6) is -2.43. The molecule has 12 heteroatoms. The van der Waals surface area contributed by atoms with Crippen molar-refractivity contribution in [1.29, 1.82) is 0 Å². The van der Waals surface area contributed by atoms with Gasteiger partial charge in [0.15, 0.2) is 0 Å². The summed E-state index contributed by atoms with van der Waals surface area (Å²) in [6.45, 7) is -0.129. The third-order valence-electron chi connectivity index (χ3n) is 3.93. The zero-order chi connectivity index (χ0) is 23.1. The highest BCUT2D eigenvalue weighted by molar-refractivity contribution is 7.89. The molecular weight excluding hydrogens is 463 g/mol. The van der Waals surface area contributed by atoms with Gasteiger partial charge in [-0.2, -0.15) is 5.10 Å². The van der Waals surface area contributed by atoms with Crippen LogP contribution < -0.4 is 15.5 Å². The standard InChI is InChI=1S/C20H16ClFN4O5S/c21-13-5-9-16(10-6-13)32(29,30)24-12-15-8-7-14(31-15)11-23-26-20(28)19(27)25-18-4-2-1-3-17(18)22/h1-11,24H,12H2,(H,25,27)(H,26,28)/b23-11+. The third-order valence-corrected chi connectivity index (χ3v) is 5.60. The van der Waals surface area contributed by atoms with Crippen molar-refractivity contribution in [3.8, 4) is 0 Å². The summed E-state index contributed by atoms with van der Waals surface area (Å²) in [7, 11) is -3.76. The number of nitrogens with one attached hydrogen (secondary N) is 3. The number of rotatable bonds is 7. The Hall–Kier alpha value is -3.54. The van der Waals surface area contributed by atoms with Crippen LogP contribution in [0.1, 0.15) is 11.5 Å². The number of furan rings is 1. The van der Waals surface area contributed by atoms with Crippen molar-refractivity contribution in [3.05, 3.63) is 83.0 Å². The number of para-hydroxylation sites is 1. The average molecular weight is 479 g/mol. The number of amides is 2. The lowest BCUT2D eigenvalue weighted by Crippen LogP contribution is -2.32. The van der Waals surface area contributed by atoms with Crippen LogP contribution in [-0.4, -0.2) is 26.4 Å². The van der Waals surface area contributed by atoms with Crippen LogP contribution in [0.2, 0.25) is 5.02 Å². The van der Waals surface area contributed by atoms with E-state index < -0.39 is 27.7 Å². The second-order valence-corrected chi connectivity index (χ2v) is 8.42. The number of anilines is 1. The van der Waals surface area contributed by atoms with Crippen molar-refractivity contribution in [2.75, 3.05) is 5.32 Å². The van der Waals surface area contributed by atoms with Crippen molar-refractivity contribution < 1.29 is 26.8 Å². The monoisotopic (exact) mass is 478 g/mol. The molecule has 0 atom stereocenters. The van der Waals surface area contributed by atoms with Crippen LogP contribution in [-0.2, 0) is 26.2 Å². The highest BCUT2D eigenvalue weighted by Crippen LogP contribution is 2.15. The molecule has 0 aliphatic rings. The Morgan fingerprint density at radius 2 is 1.75 bits per heavy atom. The van der Waals surface area contributed by atoms with Gasteiger partial charge in [0.25, 0.3) is 0 Å². The van der Waals surface area contributed by atoms with Gasteiger partial charge in [-0.3, -0.25) is 9.59 Å². The summed E-state index contributed by atoms with van der Waals surface area (Å²) >= 11 is 5.75. The lowest BCUT2D eigenvalue weighted by atomic mass is 10.3. The number of halogens is 2. The van der Waals surface area contributed by atoms with Gasteiger partial charge < -0.3 is 9.73 Å². The van der Waals surface area contributed by atoms with Crippen LogP contribution in [0.25, 0.3) is 0 Å². The molecule has 0 saturated carbocycles. The Morgan fingerprint density at radius 1 is 1.03 bits per heavy atom. The summed E-state index contributed by atoms with van der Waals surface area (Å²) in [4.78, 5) is 23.6. The van der Waals surface area contributed by atoms with Gasteiger partial charge in [-0.1, -0.05) is 23.7 Å². The molecule has 0 saturated heterocycles. The predicted molar refractivity (Wildman–Crippen MR) is 115 cm³/mol. The number of carbonyl (C=O) groups is 2. The maximum atomic E-state index is 13.5. The summed E-state index contributed by atoms with van der Waals surface area (Å²) in [5.41, 5.74) is 1.83. The number of hydrogen-bond donors (Lipinski definition) is 3. The molecule has 0 unspecified atom stereocenters. The molecule has 0 aliphatic carbocycles. The zero-order valence-electron chi connectivity index (χ0n) is 16.2. The molecule has 166 valence electrons. The molecule has 32 heavy (non-hydrogen) atoms. The first-order valence-corrected chi connectivity index (χ1v) is 10.8. The Balaban J connectivity index is 1.51. The number of nitrogens with zero attached hydrogens (tertiary/aromatic N) is 1. The molecule has 0 spiro atoms. The molecule has 1 heterocycles.